The van der Waals surface area contributed by atoms with Crippen molar-refractivity contribution in [2.75, 3.05) is 11.5 Å². The lowest BCUT2D eigenvalue weighted by Crippen LogP contribution is -2.26. The summed E-state index contributed by atoms with van der Waals surface area (Å²) in [6.07, 6.45) is 2.03. The Hall–Kier alpha value is -1.34. The number of carbonyl (C=O) groups is 1. The van der Waals surface area contributed by atoms with Gasteiger partial charge in [-0.05, 0) is 31.2 Å². The monoisotopic (exact) mass is 454 g/mol. The molecular weight excluding hydrogens is 435 g/mol. The summed E-state index contributed by atoms with van der Waals surface area (Å²) < 4.78 is 5.83. The number of benzene rings is 2. The molecular formula is C20H20Cl2N2O2S2. The second kappa shape index (κ2) is 9.92. The van der Waals surface area contributed by atoms with Crippen LogP contribution >= 0.6 is 46.7 Å². The van der Waals surface area contributed by atoms with E-state index in [4.69, 9.17) is 27.9 Å². The normalized spacial score (nSPS) is 15.7. The van der Waals surface area contributed by atoms with Gasteiger partial charge in [-0.2, -0.15) is 5.10 Å². The molecule has 0 spiro atoms. The lowest BCUT2D eigenvalue weighted by atomic mass is 10.2. The predicted molar refractivity (Wildman–Crippen MR) is 121 cm³/mol. The van der Waals surface area contributed by atoms with Gasteiger partial charge in [-0.3, -0.25) is 4.79 Å². The summed E-state index contributed by atoms with van der Waals surface area (Å²) >= 11 is 15.8. The molecule has 0 radical (unpaired) electrons. The highest BCUT2D eigenvalue weighted by molar-refractivity contribution is 8.21. The summed E-state index contributed by atoms with van der Waals surface area (Å²) in [5.41, 5.74) is 4.22. The van der Waals surface area contributed by atoms with Gasteiger partial charge in [-0.15, -0.1) is 23.5 Å². The summed E-state index contributed by atoms with van der Waals surface area (Å²) in [6.45, 7) is 2.41. The molecule has 4 nitrogen and oxygen atoms in total. The zero-order valence-electron chi connectivity index (χ0n) is 15.3. The summed E-state index contributed by atoms with van der Waals surface area (Å²) in [4.78, 5) is 12.1. The summed E-state index contributed by atoms with van der Waals surface area (Å²) in [7, 11) is 0. The van der Waals surface area contributed by atoms with E-state index in [9.17, 15) is 4.79 Å². The average Bonchev–Trinajstić information content (AvgIpc) is 3.08. The molecule has 1 amide bonds. The first-order chi connectivity index (χ1) is 13.5. The maximum Gasteiger partial charge on any atom is 0.242 e. The number of hydrazone groups is 1. The molecule has 2 aromatic carbocycles. The van der Waals surface area contributed by atoms with Crippen LogP contribution in [0.3, 0.4) is 0 Å². The Morgan fingerprint density at radius 1 is 1.25 bits per heavy atom. The molecule has 2 aromatic rings. The molecule has 0 aliphatic carbocycles. The van der Waals surface area contributed by atoms with Crippen LogP contribution in [0, 0.1) is 0 Å². The Labute approximate surface area is 183 Å². The molecule has 0 saturated carbocycles. The Morgan fingerprint density at radius 3 is 2.75 bits per heavy atom. The van der Waals surface area contributed by atoms with Crippen molar-refractivity contribution < 1.29 is 9.53 Å². The summed E-state index contributed by atoms with van der Waals surface area (Å²) in [5.74, 6) is 2.73. The highest BCUT2D eigenvalue weighted by Gasteiger charge is 2.32. The SMILES string of the molecule is CC1(CC(=O)NN=Cc2ccccc2OCc2ccc(Cl)cc2Cl)SCCS1. The molecule has 1 heterocycles. The number of para-hydroxylation sites is 1. The standard InChI is InChI=1S/C20H20Cl2N2O2S2/c1-20(27-8-9-28-20)11-19(25)24-23-12-14-4-2-3-5-18(14)26-13-15-6-7-16(21)10-17(15)22/h2-7,10,12H,8-9,11,13H2,1H3,(H,24,25). The number of ether oxygens (including phenoxy) is 1. The van der Waals surface area contributed by atoms with Gasteiger partial charge in [-0.25, -0.2) is 5.43 Å². The van der Waals surface area contributed by atoms with Crippen molar-refractivity contribution in [2.24, 2.45) is 5.10 Å². The molecule has 1 saturated heterocycles. The van der Waals surface area contributed by atoms with E-state index in [0.717, 1.165) is 22.6 Å². The summed E-state index contributed by atoms with van der Waals surface area (Å²) in [5, 5.41) is 5.23. The zero-order chi connectivity index (χ0) is 20.0. The van der Waals surface area contributed by atoms with E-state index in [1.165, 1.54) is 0 Å². The quantitative estimate of drug-likeness (QED) is 0.436. The third kappa shape index (κ3) is 6.08. The molecule has 148 valence electrons. The minimum atomic E-state index is -0.0907. The minimum absolute atomic E-state index is 0.0571. The van der Waals surface area contributed by atoms with Crippen LogP contribution in [-0.2, 0) is 11.4 Å². The van der Waals surface area contributed by atoms with Gasteiger partial charge < -0.3 is 4.74 Å². The van der Waals surface area contributed by atoms with Crippen LogP contribution in [0.5, 0.6) is 5.75 Å². The highest BCUT2D eigenvalue weighted by atomic mass is 35.5. The van der Waals surface area contributed by atoms with Crippen molar-refractivity contribution in [2.45, 2.75) is 24.0 Å². The lowest BCUT2D eigenvalue weighted by molar-refractivity contribution is -0.121. The number of halogens is 2. The first-order valence-corrected chi connectivity index (χ1v) is 11.4. The van der Waals surface area contributed by atoms with Gasteiger partial charge >= 0.3 is 0 Å². The molecule has 3 rings (SSSR count). The second-order valence-electron chi connectivity index (χ2n) is 6.36. The second-order valence-corrected chi connectivity index (χ2v) is 10.7. The number of rotatable bonds is 7. The lowest BCUT2D eigenvalue weighted by Gasteiger charge is -2.19. The minimum Gasteiger partial charge on any atom is -0.488 e. The molecule has 0 atom stereocenters. The highest BCUT2D eigenvalue weighted by Crippen LogP contribution is 2.45. The van der Waals surface area contributed by atoms with Crippen LogP contribution < -0.4 is 10.2 Å². The number of thioether (sulfide) groups is 2. The van der Waals surface area contributed by atoms with Crippen LogP contribution in [0.25, 0.3) is 0 Å². The molecule has 0 unspecified atom stereocenters. The van der Waals surface area contributed by atoms with Gasteiger partial charge in [-0.1, -0.05) is 41.4 Å². The van der Waals surface area contributed by atoms with Gasteiger partial charge in [0.15, 0.2) is 0 Å². The molecule has 1 fully saturated rings. The summed E-state index contributed by atoms with van der Waals surface area (Å²) in [6, 6.07) is 12.8. The first kappa shape index (κ1) is 21.4. The molecule has 1 aliphatic rings. The number of carbonyl (C=O) groups excluding carboxylic acids is 1. The smallest absolute Gasteiger partial charge is 0.242 e. The van der Waals surface area contributed by atoms with E-state index in [2.05, 4.69) is 17.5 Å². The molecule has 0 bridgehead atoms. The Kier molecular flexibility index (Phi) is 7.57. The van der Waals surface area contributed by atoms with Gasteiger partial charge in [0.2, 0.25) is 5.91 Å². The van der Waals surface area contributed by atoms with Crippen LogP contribution in [0.15, 0.2) is 47.6 Å². The third-order valence-electron chi connectivity index (χ3n) is 4.09. The fourth-order valence-corrected chi connectivity index (χ4v) is 5.97. The van der Waals surface area contributed by atoms with Crippen molar-refractivity contribution in [3.8, 4) is 5.75 Å². The van der Waals surface area contributed by atoms with Crippen molar-refractivity contribution in [1.29, 1.82) is 0 Å². The van der Waals surface area contributed by atoms with E-state index < -0.39 is 0 Å². The van der Waals surface area contributed by atoms with Crippen molar-refractivity contribution in [3.63, 3.8) is 0 Å². The van der Waals surface area contributed by atoms with E-state index in [0.29, 0.717) is 28.8 Å². The topological polar surface area (TPSA) is 50.7 Å². The molecule has 8 heteroatoms. The molecule has 0 aromatic heterocycles. The maximum atomic E-state index is 12.1. The fraction of sp³-hybridized carbons (Fsp3) is 0.300. The Balaban J connectivity index is 1.58. The van der Waals surface area contributed by atoms with Crippen LogP contribution in [0.1, 0.15) is 24.5 Å². The van der Waals surface area contributed by atoms with E-state index in [-0.39, 0.29) is 9.99 Å². The number of nitrogens with one attached hydrogen (secondary N) is 1. The van der Waals surface area contributed by atoms with Crippen LogP contribution in [-0.4, -0.2) is 27.7 Å². The van der Waals surface area contributed by atoms with E-state index in [1.807, 2.05) is 53.9 Å². The van der Waals surface area contributed by atoms with Crippen LogP contribution in [0.4, 0.5) is 0 Å². The fourth-order valence-electron chi connectivity index (χ4n) is 2.68. The maximum absolute atomic E-state index is 12.1. The average molecular weight is 455 g/mol. The van der Waals surface area contributed by atoms with Gasteiger partial charge in [0.1, 0.15) is 12.4 Å². The number of hydrogen-bond donors (Lipinski definition) is 1. The predicted octanol–water partition coefficient (Wildman–Crippen LogP) is 5.61. The first-order valence-electron chi connectivity index (χ1n) is 8.71. The van der Waals surface area contributed by atoms with E-state index in [1.54, 1.807) is 18.3 Å². The number of amides is 1. The van der Waals surface area contributed by atoms with E-state index >= 15 is 0 Å². The van der Waals surface area contributed by atoms with Crippen molar-refractivity contribution in [3.05, 3.63) is 63.6 Å². The molecule has 1 N–H and O–H groups in total. The van der Waals surface area contributed by atoms with Crippen molar-refractivity contribution in [1.82, 2.24) is 5.43 Å². The molecule has 1 aliphatic heterocycles. The third-order valence-corrected chi connectivity index (χ3v) is 7.97. The van der Waals surface area contributed by atoms with Crippen LogP contribution in [0.2, 0.25) is 10.0 Å². The Bertz CT molecular complexity index is 871. The number of hydrogen-bond acceptors (Lipinski definition) is 5. The largest absolute Gasteiger partial charge is 0.488 e. The van der Waals surface area contributed by atoms with Gasteiger partial charge in [0.25, 0.3) is 0 Å². The zero-order valence-corrected chi connectivity index (χ0v) is 18.4. The molecule has 28 heavy (non-hydrogen) atoms. The van der Waals surface area contributed by atoms with Gasteiger partial charge in [0, 0.05) is 32.7 Å². The van der Waals surface area contributed by atoms with Crippen molar-refractivity contribution >= 4 is 58.8 Å². The Morgan fingerprint density at radius 2 is 2.00 bits per heavy atom. The van der Waals surface area contributed by atoms with Gasteiger partial charge in [0.05, 0.1) is 16.7 Å². The number of nitrogens with zero attached hydrogens (tertiary/aromatic N) is 1.